The van der Waals surface area contributed by atoms with Crippen LogP contribution >= 0.6 is 23.2 Å². The molecule has 1 N–H and O–H groups in total. The van der Waals surface area contributed by atoms with E-state index in [1.807, 2.05) is 0 Å². The highest BCUT2D eigenvalue weighted by Crippen LogP contribution is 2.33. The molecule has 0 saturated heterocycles. The Balaban J connectivity index is 2.35. The van der Waals surface area contributed by atoms with Crippen molar-refractivity contribution in [3.63, 3.8) is 0 Å². The van der Waals surface area contributed by atoms with E-state index in [1.165, 1.54) is 49.6 Å². The zero-order chi connectivity index (χ0) is 19.3. The third kappa shape index (κ3) is 4.51. The quantitative estimate of drug-likeness (QED) is 0.350. The van der Waals surface area contributed by atoms with Crippen LogP contribution in [0.1, 0.15) is 5.56 Å². The number of carbonyl (C=O) groups is 1. The number of benzene rings is 2. The average Bonchev–Trinajstić information content (AvgIpc) is 2.59. The molecule has 0 heterocycles. The van der Waals surface area contributed by atoms with Crippen molar-refractivity contribution in [3.05, 3.63) is 67.7 Å². The summed E-state index contributed by atoms with van der Waals surface area (Å²) in [7, 11) is 1.39. The number of nitriles is 1. The van der Waals surface area contributed by atoms with Gasteiger partial charge >= 0.3 is 0 Å². The number of rotatable bonds is 5. The van der Waals surface area contributed by atoms with E-state index in [4.69, 9.17) is 27.9 Å². The molecule has 26 heavy (non-hydrogen) atoms. The monoisotopic (exact) mass is 391 g/mol. The standard InChI is InChI=1S/C17H11Cl2N3O4/c1-26-16-10(6-12(18)7-15(16)19)5-11(9-20)17(23)21-13-3-2-4-14(8-13)22(24)25/h2-8H,1H3,(H,21,23)/b11-5+. The molecule has 9 heteroatoms. The maximum absolute atomic E-state index is 12.3. The van der Waals surface area contributed by atoms with Gasteiger partial charge in [-0.3, -0.25) is 14.9 Å². The molecule has 0 unspecified atom stereocenters. The number of hydrogen-bond donors (Lipinski definition) is 1. The Morgan fingerprint density at radius 2 is 2.08 bits per heavy atom. The first-order chi connectivity index (χ1) is 12.3. The number of nitrogens with one attached hydrogen (secondary N) is 1. The second kappa shape index (κ2) is 8.34. The number of hydrogen-bond acceptors (Lipinski definition) is 5. The molecular weight excluding hydrogens is 381 g/mol. The van der Waals surface area contributed by atoms with Crippen molar-refractivity contribution in [3.8, 4) is 11.8 Å². The Hall–Kier alpha value is -3.08. The third-order valence-electron chi connectivity index (χ3n) is 3.22. The number of halogens is 2. The number of amides is 1. The lowest BCUT2D eigenvalue weighted by Crippen LogP contribution is -2.13. The van der Waals surface area contributed by atoms with E-state index in [9.17, 15) is 20.2 Å². The fourth-order valence-electron chi connectivity index (χ4n) is 2.10. The van der Waals surface area contributed by atoms with Gasteiger partial charge in [-0.05, 0) is 24.3 Å². The van der Waals surface area contributed by atoms with Crippen LogP contribution in [0.15, 0.2) is 42.0 Å². The van der Waals surface area contributed by atoms with E-state index < -0.39 is 10.8 Å². The first kappa shape index (κ1) is 19.2. The molecule has 2 aromatic carbocycles. The van der Waals surface area contributed by atoms with Crippen LogP contribution in [0.4, 0.5) is 11.4 Å². The predicted octanol–water partition coefficient (Wildman–Crippen LogP) is 4.46. The molecule has 7 nitrogen and oxygen atoms in total. The summed E-state index contributed by atoms with van der Waals surface area (Å²) in [6.07, 6.45) is 1.27. The Kier molecular flexibility index (Phi) is 6.17. The van der Waals surface area contributed by atoms with Crippen LogP contribution in [0.25, 0.3) is 6.08 Å². The maximum Gasteiger partial charge on any atom is 0.271 e. The predicted molar refractivity (Wildman–Crippen MR) is 98.3 cm³/mol. The number of ether oxygens (including phenoxy) is 1. The van der Waals surface area contributed by atoms with Gasteiger partial charge in [-0.1, -0.05) is 29.3 Å². The Bertz CT molecular complexity index is 952. The van der Waals surface area contributed by atoms with Crippen LogP contribution in [0, 0.1) is 21.4 Å². The van der Waals surface area contributed by atoms with E-state index in [0.29, 0.717) is 10.6 Å². The number of carbonyl (C=O) groups excluding carboxylic acids is 1. The second-order valence-electron chi connectivity index (χ2n) is 4.94. The van der Waals surface area contributed by atoms with Crippen molar-refractivity contribution in [2.75, 3.05) is 12.4 Å². The third-order valence-corrected chi connectivity index (χ3v) is 3.72. The summed E-state index contributed by atoms with van der Waals surface area (Å²) >= 11 is 12.0. The number of nitro groups is 1. The molecule has 0 fully saturated rings. The van der Waals surface area contributed by atoms with Crippen molar-refractivity contribution in [2.24, 2.45) is 0 Å². The van der Waals surface area contributed by atoms with Gasteiger partial charge in [0.1, 0.15) is 17.4 Å². The zero-order valence-electron chi connectivity index (χ0n) is 13.3. The highest BCUT2D eigenvalue weighted by Gasteiger charge is 2.15. The minimum Gasteiger partial charge on any atom is -0.495 e. The molecule has 0 bridgehead atoms. The van der Waals surface area contributed by atoms with Crippen LogP contribution in [0.3, 0.4) is 0 Å². The molecule has 0 aliphatic rings. The normalized spacial score (nSPS) is 10.8. The Labute approximate surface area is 158 Å². The lowest BCUT2D eigenvalue weighted by Gasteiger charge is -2.09. The van der Waals surface area contributed by atoms with Crippen molar-refractivity contribution in [1.29, 1.82) is 5.26 Å². The van der Waals surface area contributed by atoms with E-state index in [2.05, 4.69) is 5.32 Å². The van der Waals surface area contributed by atoms with E-state index in [1.54, 1.807) is 6.07 Å². The summed E-state index contributed by atoms with van der Waals surface area (Å²) < 4.78 is 5.17. The molecule has 2 rings (SSSR count). The largest absolute Gasteiger partial charge is 0.495 e. The van der Waals surface area contributed by atoms with Gasteiger partial charge in [0.25, 0.3) is 11.6 Å². The van der Waals surface area contributed by atoms with Crippen LogP contribution in [0.2, 0.25) is 10.0 Å². The van der Waals surface area contributed by atoms with Crippen molar-refractivity contribution in [1.82, 2.24) is 0 Å². The molecule has 0 aliphatic heterocycles. The summed E-state index contributed by atoms with van der Waals surface area (Å²) in [5, 5.41) is 23.0. The van der Waals surface area contributed by atoms with Gasteiger partial charge in [-0.25, -0.2) is 0 Å². The lowest BCUT2D eigenvalue weighted by molar-refractivity contribution is -0.384. The van der Waals surface area contributed by atoms with E-state index in [0.717, 1.165) is 0 Å². The highest BCUT2D eigenvalue weighted by molar-refractivity contribution is 6.36. The first-order valence-electron chi connectivity index (χ1n) is 7.06. The van der Waals surface area contributed by atoms with Gasteiger partial charge in [0.05, 0.1) is 17.1 Å². The average molecular weight is 392 g/mol. The molecule has 0 aromatic heterocycles. The van der Waals surface area contributed by atoms with Crippen molar-refractivity contribution < 1.29 is 14.5 Å². The minimum atomic E-state index is -0.744. The number of methoxy groups -OCH3 is 1. The maximum atomic E-state index is 12.3. The van der Waals surface area contributed by atoms with Gasteiger partial charge < -0.3 is 10.1 Å². The second-order valence-corrected chi connectivity index (χ2v) is 5.79. The Morgan fingerprint density at radius 1 is 1.35 bits per heavy atom. The molecule has 2 aromatic rings. The van der Waals surface area contributed by atoms with Crippen LogP contribution in [0.5, 0.6) is 5.75 Å². The van der Waals surface area contributed by atoms with E-state index >= 15 is 0 Å². The minimum absolute atomic E-state index is 0.182. The fourth-order valence-corrected chi connectivity index (χ4v) is 2.69. The smallest absolute Gasteiger partial charge is 0.271 e. The number of nitrogens with zero attached hydrogens (tertiary/aromatic N) is 2. The van der Waals surface area contributed by atoms with Gasteiger partial charge in [-0.15, -0.1) is 0 Å². The summed E-state index contributed by atoms with van der Waals surface area (Å²) in [5.74, 6) is -0.488. The van der Waals surface area contributed by atoms with Gasteiger partial charge in [0.15, 0.2) is 0 Å². The highest BCUT2D eigenvalue weighted by atomic mass is 35.5. The lowest BCUT2D eigenvalue weighted by atomic mass is 10.1. The fraction of sp³-hybridized carbons (Fsp3) is 0.0588. The van der Waals surface area contributed by atoms with Crippen molar-refractivity contribution >= 4 is 46.6 Å². The summed E-state index contributed by atoms with van der Waals surface area (Å²) in [6, 6.07) is 10.1. The Morgan fingerprint density at radius 3 is 2.69 bits per heavy atom. The molecule has 0 spiro atoms. The van der Waals surface area contributed by atoms with Crippen LogP contribution < -0.4 is 10.1 Å². The van der Waals surface area contributed by atoms with Gasteiger partial charge in [-0.2, -0.15) is 5.26 Å². The molecule has 0 saturated carbocycles. The van der Waals surface area contributed by atoms with Gasteiger partial charge in [0.2, 0.25) is 0 Å². The molecule has 0 atom stereocenters. The summed E-state index contributed by atoms with van der Waals surface area (Å²) in [4.78, 5) is 22.5. The van der Waals surface area contributed by atoms with Crippen LogP contribution in [-0.2, 0) is 4.79 Å². The number of non-ortho nitro benzene ring substituents is 1. The molecule has 0 aliphatic carbocycles. The summed E-state index contributed by atoms with van der Waals surface area (Å²) in [5.41, 5.74) is 0.0823. The molecule has 1 amide bonds. The molecular formula is C17H11Cl2N3O4. The van der Waals surface area contributed by atoms with Crippen molar-refractivity contribution in [2.45, 2.75) is 0 Å². The molecule has 0 radical (unpaired) electrons. The number of nitro benzene ring substituents is 1. The SMILES string of the molecule is COc1c(Cl)cc(Cl)cc1/C=C(\C#N)C(=O)Nc1cccc([N+](=O)[O-])c1. The zero-order valence-corrected chi connectivity index (χ0v) is 14.8. The van der Waals surface area contributed by atoms with E-state index in [-0.39, 0.29) is 27.7 Å². The molecule has 132 valence electrons. The first-order valence-corrected chi connectivity index (χ1v) is 7.82. The summed E-state index contributed by atoms with van der Waals surface area (Å²) in [6.45, 7) is 0. The number of anilines is 1. The van der Waals surface area contributed by atoms with Crippen LogP contribution in [-0.4, -0.2) is 17.9 Å². The topological polar surface area (TPSA) is 105 Å². The van der Waals surface area contributed by atoms with Gasteiger partial charge in [0, 0.05) is 28.4 Å².